The number of amides is 2. The normalized spacial score (nSPS) is 17.9. The van der Waals surface area contributed by atoms with Crippen molar-refractivity contribution >= 4 is 11.8 Å². The Morgan fingerprint density at radius 1 is 1.04 bits per heavy atom. The monoisotopic (exact) mass is 380 g/mol. The van der Waals surface area contributed by atoms with E-state index in [0.29, 0.717) is 30.9 Å². The van der Waals surface area contributed by atoms with Gasteiger partial charge < -0.3 is 14.5 Å². The lowest BCUT2D eigenvalue weighted by atomic mass is 10.1. The van der Waals surface area contributed by atoms with Crippen molar-refractivity contribution in [2.75, 3.05) is 19.6 Å². The van der Waals surface area contributed by atoms with E-state index in [1.54, 1.807) is 6.92 Å². The van der Waals surface area contributed by atoms with Crippen molar-refractivity contribution in [3.63, 3.8) is 0 Å². The fourth-order valence-electron chi connectivity index (χ4n) is 3.51. The lowest BCUT2D eigenvalue weighted by Gasteiger charge is -2.40. The second kappa shape index (κ2) is 8.46. The number of nitrogens with zero attached hydrogens (tertiary/aromatic N) is 2. The first-order valence-corrected chi connectivity index (χ1v) is 9.75. The lowest BCUT2D eigenvalue weighted by Crippen LogP contribution is -2.57. The maximum Gasteiger partial charge on any atom is 0.263 e. The Morgan fingerprint density at radius 3 is 2.39 bits per heavy atom. The highest BCUT2D eigenvalue weighted by Crippen LogP contribution is 2.20. The van der Waals surface area contributed by atoms with Crippen LogP contribution in [0.15, 0.2) is 48.5 Å². The number of carbonyl (C=O) groups is 2. The van der Waals surface area contributed by atoms with Gasteiger partial charge in [0.25, 0.3) is 11.8 Å². The topological polar surface area (TPSA) is 49.9 Å². The SMILES string of the molecule is Cc1ccc(OC(C)C(=O)N2CCN(C(=O)c3ccccc3)C[C@H]2C)cc1C. The molecule has 2 aromatic carbocycles. The number of carbonyl (C=O) groups excluding carboxylic acids is 2. The van der Waals surface area contributed by atoms with E-state index in [-0.39, 0.29) is 17.9 Å². The van der Waals surface area contributed by atoms with E-state index in [9.17, 15) is 9.59 Å². The molecule has 3 rings (SSSR count). The second-order valence-corrected chi connectivity index (χ2v) is 7.50. The molecule has 5 nitrogen and oxygen atoms in total. The van der Waals surface area contributed by atoms with Gasteiger partial charge in [0.1, 0.15) is 5.75 Å². The summed E-state index contributed by atoms with van der Waals surface area (Å²) in [5, 5.41) is 0. The van der Waals surface area contributed by atoms with E-state index in [1.807, 2.05) is 79.1 Å². The quantitative estimate of drug-likeness (QED) is 0.816. The summed E-state index contributed by atoms with van der Waals surface area (Å²) in [6.45, 7) is 9.40. The second-order valence-electron chi connectivity index (χ2n) is 7.50. The largest absolute Gasteiger partial charge is 0.481 e. The van der Waals surface area contributed by atoms with Crippen molar-refractivity contribution in [3.8, 4) is 5.75 Å². The van der Waals surface area contributed by atoms with Crippen LogP contribution in [0, 0.1) is 13.8 Å². The molecule has 0 spiro atoms. The summed E-state index contributed by atoms with van der Waals surface area (Å²) in [5.74, 6) is 0.672. The summed E-state index contributed by atoms with van der Waals surface area (Å²) in [5.41, 5.74) is 3.01. The number of hydrogen-bond donors (Lipinski definition) is 0. The zero-order valence-electron chi connectivity index (χ0n) is 17.0. The van der Waals surface area contributed by atoms with Crippen molar-refractivity contribution in [3.05, 3.63) is 65.2 Å². The zero-order chi connectivity index (χ0) is 20.3. The van der Waals surface area contributed by atoms with E-state index in [0.717, 1.165) is 5.56 Å². The maximum absolute atomic E-state index is 12.9. The molecule has 148 valence electrons. The number of piperazine rings is 1. The van der Waals surface area contributed by atoms with Crippen LogP contribution >= 0.6 is 0 Å². The first-order valence-electron chi connectivity index (χ1n) is 9.75. The average molecular weight is 380 g/mol. The van der Waals surface area contributed by atoms with Gasteiger partial charge in [-0.05, 0) is 63.1 Å². The predicted molar refractivity (Wildman–Crippen MR) is 110 cm³/mol. The Bertz CT molecular complexity index is 850. The minimum atomic E-state index is -0.569. The molecule has 0 aliphatic carbocycles. The Labute approximate surface area is 166 Å². The summed E-state index contributed by atoms with van der Waals surface area (Å²) >= 11 is 0. The van der Waals surface area contributed by atoms with E-state index >= 15 is 0 Å². The molecule has 0 radical (unpaired) electrons. The molecule has 28 heavy (non-hydrogen) atoms. The van der Waals surface area contributed by atoms with Crippen LogP contribution in [-0.2, 0) is 4.79 Å². The molecule has 2 amide bonds. The van der Waals surface area contributed by atoms with Crippen LogP contribution in [-0.4, -0.2) is 53.4 Å². The van der Waals surface area contributed by atoms with Crippen molar-refractivity contribution in [1.82, 2.24) is 9.80 Å². The first kappa shape index (κ1) is 19.9. The summed E-state index contributed by atoms with van der Waals surface area (Å²) in [4.78, 5) is 29.2. The highest BCUT2D eigenvalue weighted by atomic mass is 16.5. The summed E-state index contributed by atoms with van der Waals surface area (Å²) < 4.78 is 5.89. The predicted octanol–water partition coefficient (Wildman–Crippen LogP) is 3.44. The highest BCUT2D eigenvalue weighted by Gasteiger charge is 2.32. The molecule has 0 bridgehead atoms. The molecule has 1 aliphatic heterocycles. The third-order valence-corrected chi connectivity index (χ3v) is 5.36. The van der Waals surface area contributed by atoms with Gasteiger partial charge in [-0.25, -0.2) is 0 Å². The Hall–Kier alpha value is -2.82. The van der Waals surface area contributed by atoms with Gasteiger partial charge in [-0.15, -0.1) is 0 Å². The van der Waals surface area contributed by atoms with Crippen molar-refractivity contribution in [2.45, 2.75) is 39.8 Å². The third kappa shape index (κ3) is 4.35. The third-order valence-electron chi connectivity index (χ3n) is 5.36. The smallest absolute Gasteiger partial charge is 0.263 e. The van der Waals surface area contributed by atoms with E-state index in [4.69, 9.17) is 4.74 Å². The number of benzene rings is 2. The Balaban J connectivity index is 1.60. The fraction of sp³-hybridized carbons (Fsp3) is 0.391. The van der Waals surface area contributed by atoms with Gasteiger partial charge in [0.15, 0.2) is 6.10 Å². The minimum absolute atomic E-state index is 0.0129. The fourth-order valence-corrected chi connectivity index (χ4v) is 3.51. The molecule has 1 aliphatic rings. The number of rotatable bonds is 4. The van der Waals surface area contributed by atoms with Crippen LogP contribution in [0.4, 0.5) is 0 Å². The maximum atomic E-state index is 12.9. The number of aryl methyl sites for hydroxylation is 2. The average Bonchev–Trinajstić information content (AvgIpc) is 2.70. The molecule has 1 heterocycles. The van der Waals surface area contributed by atoms with E-state index in [2.05, 4.69) is 0 Å². The van der Waals surface area contributed by atoms with Crippen LogP contribution < -0.4 is 4.74 Å². The molecule has 2 atom stereocenters. The van der Waals surface area contributed by atoms with Gasteiger partial charge in [0.2, 0.25) is 0 Å². The molecule has 1 saturated heterocycles. The molecular formula is C23H28N2O3. The van der Waals surface area contributed by atoms with Crippen LogP contribution in [0.2, 0.25) is 0 Å². The molecule has 0 aromatic heterocycles. The van der Waals surface area contributed by atoms with Crippen LogP contribution in [0.25, 0.3) is 0 Å². The van der Waals surface area contributed by atoms with Gasteiger partial charge in [0.05, 0.1) is 0 Å². The minimum Gasteiger partial charge on any atom is -0.481 e. The van der Waals surface area contributed by atoms with Gasteiger partial charge in [-0.3, -0.25) is 9.59 Å². The Kier molecular flexibility index (Phi) is 6.02. The summed E-state index contributed by atoms with van der Waals surface area (Å²) in [7, 11) is 0. The molecule has 0 saturated carbocycles. The van der Waals surface area contributed by atoms with E-state index in [1.165, 1.54) is 5.56 Å². The molecule has 1 fully saturated rings. The van der Waals surface area contributed by atoms with Crippen molar-refractivity contribution in [1.29, 1.82) is 0 Å². The van der Waals surface area contributed by atoms with E-state index < -0.39 is 6.10 Å². The van der Waals surface area contributed by atoms with Gasteiger partial charge in [0, 0.05) is 31.2 Å². The van der Waals surface area contributed by atoms with Gasteiger partial charge in [-0.1, -0.05) is 24.3 Å². The number of hydrogen-bond acceptors (Lipinski definition) is 3. The van der Waals surface area contributed by atoms with Crippen molar-refractivity contribution in [2.24, 2.45) is 0 Å². The Morgan fingerprint density at radius 2 is 1.75 bits per heavy atom. The summed E-state index contributed by atoms with van der Waals surface area (Å²) in [6.07, 6.45) is -0.569. The van der Waals surface area contributed by atoms with Crippen molar-refractivity contribution < 1.29 is 14.3 Å². The van der Waals surface area contributed by atoms with Gasteiger partial charge >= 0.3 is 0 Å². The molecule has 5 heteroatoms. The molecule has 2 aromatic rings. The zero-order valence-corrected chi connectivity index (χ0v) is 17.0. The highest BCUT2D eigenvalue weighted by molar-refractivity contribution is 5.94. The lowest BCUT2D eigenvalue weighted by molar-refractivity contribution is -0.142. The molecule has 0 N–H and O–H groups in total. The van der Waals surface area contributed by atoms with Crippen LogP contribution in [0.3, 0.4) is 0 Å². The summed E-state index contributed by atoms with van der Waals surface area (Å²) in [6, 6.07) is 15.1. The standard InChI is InChI=1S/C23H28N2O3/c1-16-10-11-21(14-17(16)2)28-19(4)22(26)25-13-12-24(15-18(25)3)23(27)20-8-6-5-7-9-20/h5-11,14,18-19H,12-13,15H2,1-4H3/t18-,19?/m1/s1. The molecule has 1 unspecified atom stereocenters. The van der Waals surface area contributed by atoms with Gasteiger partial charge in [-0.2, -0.15) is 0 Å². The first-order chi connectivity index (χ1) is 13.4. The molecular weight excluding hydrogens is 352 g/mol. The van der Waals surface area contributed by atoms with Crippen LogP contribution in [0.5, 0.6) is 5.75 Å². The number of ether oxygens (including phenoxy) is 1. The van der Waals surface area contributed by atoms with Crippen LogP contribution in [0.1, 0.15) is 35.3 Å².